The molecular formula is C24H33N3O5. The number of aryl methyl sites for hydroxylation is 1. The molecule has 3 rings (SSSR count). The van der Waals surface area contributed by atoms with Crippen LogP contribution in [0.4, 0.5) is 4.79 Å². The number of urea groups is 1. The van der Waals surface area contributed by atoms with Crippen LogP contribution >= 0.6 is 0 Å². The van der Waals surface area contributed by atoms with Crippen LogP contribution in [0.25, 0.3) is 0 Å². The number of benzene rings is 1. The van der Waals surface area contributed by atoms with Crippen LogP contribution in [0, 0.1) is 5.92 Å². The van der Waals surface area contributed by atoms with E-state index in [-0.39, 0.29) is 24.5 Å². The van der Waals surface area contributed by atoms with Crippen molar-refractivity contribution < 1.29 is 23.9 Å². The summed E-state index contributed by atoms with van der Waals surface area (Å²) in [5, 5.41) is 5.68. The highest BCUT2D eigenvalue weighted by Crippen LogP contribution is 2.29. The zero-order valence-electron chi connectivity index (χ0n) is 19.1. The molecular weight excluding hydrogens is 410 g/mol. The van der Waals surface area contributed by atoms with Gasteiger partial charge in [-0.1, -0.05) is 31.2 Å². The molecule has 1 fully saturated rings. The molecule has 2 atom stereocenters. The van der Waals surface area contributed by atoms with Crippen LogP contribution in [0.1, 0.15) is 50.8 Å². The van der Waals surface area contributed by atoms with Gasteiger partial charge in [0.15, 0.2) is 0 Å². The summed E-state index contributed by atoms with van der Waals surface area (Å²) >= 11 is 0. The zero-order chi connectivity index (χ0) is 23.1. The predicted octanol–water partition coefficient (Wildman–Crippen LogP) is 2.70. The van der Waals surface area contributed by atoms with E-state index in [9.17, 15) is 14.4 Å². The minimum atomic E-state index is -0.602. The normalized spacial score (nSPS) is 21.5. The molecule has 2 unspecified atom stereocenters. The van der Waals surface area contributed by atoms with E-state index in [1.54, 1.807) is 13.8 Å². The summed E-state index contributed by atoms with van der Waals surface area (Å²) in [7, 11) is 0. The summed E-state index contributed by atoms with van der Waals surface area (Å²) in [6.07, 6.45) is 2.53. The largest absolute Gasteiger partial charge is 0.466 e. The van der Waals surface area contributed by atoms with Gasteiger partial charge in [-0.3, -0.25) is 9.69 Å². The number of carbonyl (C=O) groups excluding carboxylic acids is 3. The molecule has 1 aromatic rings. The Balaban J connectivity index is 1.90. The lowest BCUT2D eigenvalue weighted by molar-refractivity contribution is -0.150. The van der Waals surface area contributed by atoms with E-state index >= 15 is 0 Å². The predicted molar refractivity (Wildman–Crippen MR) is 120 cm³/mol. The van der Waals surface area contributed by atoms with Crippen molar-refractivity contribution in [2.75, 3.05) is 32.8 Å². The van der Waals surface area contributed by atoms with Gasteiger partial charge in [-0.2, -0.15) is 0 Å². The molecule has 174 valence electrons. The molecule has 2 N–H and O–H groups in total. The van der Waals surface area contributed by atoms with E-state index in [1.807, 2.05) is 24.3 Å². The number of ether oxygens (including phenoxy) is 2. The van der Waals surface area contributed by atoms with Crippen LogP contribution in [0.2, 0.25) is 0 Å². The van der Waals surface area contributed by atoms with Gasteiger partial charge in [-0.05, 0) is 50.8 Å². The Morgan fingerprint density at radius 2 is 1.81 bits per heavy atom. The van der Waals surface area contributed by atoms with Crippen molar-refractivity contribution >= 4 is 18.0 Å². The number of likely N-dealkylation sites (tertiary alicyclic amines) is 1. The van der Waals surface area contributed by atoms with Crippen molar-refractivity contribution in [2.24, 2.45) is 5.92 Å². The summed E-state index contributed by atoms with van der Waals surface area (Å²) in [6.45, 7) is 7.87. The average Bonchev–Trinajstić information content (AvgIpc) is 2.79. The van der Waals surface area contributed by atoms with Gasteiger partial charge in [-0.15, -0.1) is 0 Å². The summed E-state index contributed by atoms with van der Waals surface area (Å²) < 4.78 is 10.5. The third-order valence-electron chi connectivity index (χ3n) is 5.88. The highest BCUT2D eigenvalue weighted by Gasteiger charge is 2.35. The second kappa shape index (κ2) is 11.1. The fourth-order valence-corrected chi connectivity index (χ4v) is 4.26. The Bertz CT molecular complexity index is 865. The van der Waals surface area contributed by atoms with Crippen molar-refractivity contribution in [3.8, 4) is 0 Å². The number of nitrogens with one attached hydrogen (secondary N) is 2. The number of nitrogens with zero attached hydrogens (tertiary/aromatic N) is 1. The second-order valence-corrected chi connectivity index (χ2v) is 8.07. The summed E-state index contributed by atoms with van der Waals surface area (Å²) in [4.78, 5) is 39.8. The van der Waals surface area contributed by atoms with Gasteiger partial charge in [0.2, 0.25) is 0 Å². The van der Waals surface area contributed by atoms with Crippen molar-refractivity contribution in [3.05, 3.63) is 46.7 Å². The quantitative estimate of drug-likeness (QED) is 0.600. The van der Waals surface area contributed by atoms with Crippen LogP contribution in [-0.4, -0.2) is 55.7 Å². The lowest BCUT2D eigenvalue weighted by atomic mass is 9.93. The molecule has 0 radical (unpaired) electrons. The average molecular weight is 444 g/mol. The van der Waals surface area contributed by atoms with Crippen LogP contribution in [0.15, 0.2) is 35.5 Å². The Labute approximate surface area is 189 Å². The molecule has 2 amide bonds. The molecule has 8 heteroatoms. The maximum atomic E-state index is 13.0. The molecule has 0 spiro atoms. The smallest absolute Gasteiger partial charge is 0.338 e. The standard InChI is InChI=1S/C24H33N3O5/c1-4-16-9-11-17(12-10-16)21-20(23(29)32-6-3)19(25-24(30)26-21)15-27-13-7-8-18(14-27)22(28)31-5-2/h9-12,18,21H,4-8,13-15H2,1-3H3,(H2,25,26,30). The minimum absolute atomic E-state index is 0.194. The summed E-state index contributed by atoms with van der Waals surface area (Å²) in [5.41, 5.74) is 2.91. The maximum absolute atomic E-state index is 13.0. The highest BCUT2D eigenvalue weighted by atomic mass is 16.5. The second-order valence-electron chi connectivity index (χ2n) is 8.07. The highest BCUT2D eigenvalue weighted by molar-refractivity contribution is 5.95. The molecule has 0 saturated carbocycles. The van der Waals surface area contributed by atoms with Gasteiger partial charge >= 0.3 is 18.0 Å². The summed E-state index contributed by atoms with van der Waals surface area (Å²) in [6, 6.07) is 6.90. The van der Waals surface area contributed by atoms with Gasteiger partial charge in [-0.25, -0.2) is 9.59 Å². The number of hydrogen-bond acceptors (Lipinski definition) is 6. The number of esters is 2. The number of carbonyl (C=O) groups is 3. The van der Waals surface area contributed by atoms with E-state index in [4.69, 9.17) is 9.47 Å². The fraction of sp³-hybridized carbons (Fsp3) is 0.542. The Morgan fingerprint density at radius 3 is 2.47 bits per heavy atom. The third kappa shape index (κ3) is 5.68. The van der Waals surface area contributed by atoms with Gasteiger partial charge in [0, 0.05) is 18.8 Å². The molecule has 0 aliphatic carbocycles. The Morgan fingerprint density at radius 1 is 1.09 bits per heavy atom. The number of amides is 2. The first kappa shape index (κ1) is 23.8. The molecule has 1 saturated heterocycles. The molecule has 32 heavy (non-hydrogen) atoms. The lowest BCUT2D eigenvalue weighted by Gasteiger charge is -2.35. The van der Waals surface area contributed by atoms with E-state index < -0.39 is 12.0 Å². The van der Waals surface area contributed by atoms with Crippen LogP contribution < -0.4 is 10.6 Å². The van der Waals surface area contributed by atoms with Gasteiger partial charge in [0.05, 0.1) is 30.7 Å². The van der Waals surface area contributed by atoms with E-state index in [0.717, 1.165) is 31.4 Å². The fourth-order valence-electron chi connectivity index (χ4n) is 4.26. The zero-order valence-corrected chi connectivity index (χ0v) is 19.1. The van der Waals surface area contributed by atoms with Crippen molar-refractivity contribution in [3.63, 3.8) is 0 Å². The molecule has 0 bridgehead atoms. The molecule has 2 heterocycles. The third-order valence-corrected chi connectivity index (χ3v) is 5.88. The number of hydrogen-bond donors (Lipinski definition) is 2. The van der Waals surface area contributed by atoms with Gasteiger partial charge in [0.1, 0.15) is 0 Å². The number of rotatable bonds is 8. The maximum Gasteiger partial charge on any atom is 0.338 e. The monoisotopic (exact) mass is 443 g/mol. The Kier molecular flexibility index (Phi) is 8.27. The van der Waals surface area contributed by atoms with Gasteiger partial charge in [0.25, 0.3) is 0 Å². The van der Waals surface area contributed by atoms with E-state index in [1.165, 1.54) is 5.56 Å². The molecule has 0 aromatic heterocycles. The minimum Gasteiger partial charge on any atom is -0.466 e. The topological polar surface area (TPSA) is 97.0 Å². The molecule has 2 aliphatic heterocycles. The van der Waals surface area contributed by atoms with E-state index in [0.29, 0.717) is 31.0 Å². The lowest BCUT2D eigenvalue weighted by Crippen LogP contribution is -2.50. The molecule has 8 nitrogen and oxygen atoms in total. The number of piperidine rings is 1. The van der Waals surface area contributed by atoms with Crippen molar-refractivity contribution in [1.82, 2.24) is 15.5 Å². The SMILES string of the molecule is CCOC(=O)C1=C(CN2CCCC(C(=O)OCC)C2)NC(=O)NC1c1ccc(CC)cc1. The van der Waals surface area contributed by atoms with Gasteiger partial charge < -0.3 is 20.1 Å². The first-order valence-electron chi connectivity index (χ1n) is 11.4. The first-order chi connectivity index (χ1) is 15.5. The molecule has 1 aromatic carbocycles. The first-order valence-corrected chi connectivity index (χ1v) is 11.4. The van der Waals surface area contributed by atoms with Crippen LogP contribution in [0.5, 0.6) is 0 Å². The van der Waals surface area contributed by atoms with Crippen LogP contribution in [0.3, 0.4) is 0 Å². The van der Waals surface area contributed by atoms with Crippen LogP contribution in [-0.2, 0) is 25.5 Å². The van der Waals surface area contributed by atoms with E-state index in [2.05, 4.69) is 22.5 Å². The van der Waals surface area contributed by atoms with Crippen molar-refractivity contribution in [2.45, 2.75) is 46.1 Å². The Hall–Kier alpha value is -2.87. The summed E-state index contributed by atoms with van der Waals surface area (Å²) in [5.74, 6) is -0.858. The molecule has 2 aliphatic rings. The van der Waals surface area contributed by atoms with Crippen molar-refractivity contribution in [1.29, 1.82) is 0 Å².